The van der Waals surface area contributed by atoms with Crippen molar-refractivity contribution in [1.82, 2.24) is 10.2 Å². The number of halogens is 1. The average Bonchev–Trinajstić information content (AvgIpc) is 3.04. The highest BCUT2D eigenvalue weighted by Gasteiger charge is 2.08. The van der Waals surface area contributed by atoms with Crippen LogP contribution >= 0.6 is 11.3 Å². The molecular weight excluding hydrogens is 303 g/mol. The molecule has 2 heterocycles. The van der Waals surface area contributed by atoms with Crippen molar-refractivity contribution in [3.8, 4) is 0 Å². The van der Waals surface area contributed by atoms with Crippen molar-refractivity contribution in [2.24, 2.45) is 0 Å². The molecular formula is C15H11FN4OS. The van der Waals surface area contributed by atoms with Gasteiger partial charge in [-0.25, -0.2) is 4.39 Å². The minimum Gasteiger partial charge on any atom is -0.339 e. The third-order valence-corrected chi connectivity index (χ3v) is 3.62. The fourth-order valence-corrected chi connectivity index (χ4v) is 2.38. The number of carbonyl (C=O) groups is 1. The third kappa shape index (κ3) is 3.44. The SMILES string of the molecule is O=C(Nc1ccc(Nc2cccc(F)c2)nn1)c1cccs1. The average molecular weight is 314 g/mol. The maximum absolute atomic E-state index is 13.1. The molecule has 1 aromatic carbocycles. The van der Waals surface area contributed by atoms with Crippen molar-refractivity contribution in [1.29, 1.82) is 0 Å². The maximum atomic E-state index is 13.1. The predicted molar refractivity (Wildman–Crippen MR) is 84.0 cm³/mol. The molecule has 3 rings (SSSR count). The molecule has 0 aliphatic heterocycles. The smallest absolute Gasteiger partial charge is 0.266 e. The fraction of sp³-hybridized carbons (Fsp3) is 0. The molecule has 0 fully saturated rings. The Labute approximate surface area is 129 Å². The summed E-state index contributed by atoms with van der Waals surface area (Å²) >= 11 is 1.35. The van der Waals surface area contributed by atoms with Crippen LogP contribution in [0.3, 0.4) is 0 Å². The first kappa shape index (κ1) is 14.2. The molecule has 0 spiro atoms. The van der Waals surface area contributed by atoms with Crippen LogP contribution in [0, 0.1) is 5.82 Å². The summed E-state index contributed by atoms with van der Waals surface area (Å²) in [5.74, 6) is 0.246. The lowest BCUT2D eigenvalue weighted by Crippen LogP contribution is -2.12. The molecule has 2 aromatic heterocycles. The maximum Gasteiger partial charge on any atom is 0.266 e. The Kier molecular flexibility index (Phi) is 4.06. The van der Waals surface area contributed by atoms with E-state index in [1.165, 1.54) is 23.5 Å². The second kappa shape index (κ2) is 6.31. The van der Waals surface area contributed by atoms with Gasteiger partial charge in [0.25, 0.3) is 5.91 Å². The van der Waals surface area contributed by atoms with Crippen LogP contribution in [0.5, 0.6) is 0 Å². The van der Waals surface area contributed by atoms with Gasteiger partial charge in [0.2, 0.25) is 0 Å². The number of carbonyl (C=O) groups excluding carboxylic acids is 1. The zero-order valence-electron chi connectivity index (χ0n) is 11.3. The molecule has 22 heavy (non-hydrogen) atoms. The molecule has 0 atom stereocenters. The molecule has 0 bridgehead atoms. The Hall–Kier alpha value is -2.80. The predicted octanol–water partition coefficient (Wildman–Crippen LogP) is 3.67. The highest BCUT2D eigenvalue weighted by Crippen LogP contribution is 2.16. The van der Waals surface area contributed by atoms with Crippen molar-refractivity contribution < 1.29 is 9.18 Å². The molecule has 7 heteroatoms. The highest BCUT2D eigenvalue weighted by atomic mass is 32.1. The van der Waals surface area contributed by atoms with Crippen molar-refractivity contribution in [3.05, 3.63) is 64.6 Å². The normalized spacial score (nSPS) is 10.2. The Bertz CT molecular complexity index is 775. The largest absolute Gasteiger partial charge is 0.339 e. The van der Waals surface area contributed by atoms with Gasteiger partial charge in [-0.3, -0.25) is 4.79 Å². The Morgan fingerprint density at radius 3 is 2.55 bits per heavy atom. The minimum absolute atomic E-state index is 0.227. The van der Waals surface area contributed by atoms with Crippen LogP contribution in [-0.2, 0) is 0 Å². The zero-order chi connectivity index (χ0) is 15.4. The van der Waals surface area contributed by atoms with Gasteiger partial charge in [0.05, 0.1) is 4.88 Å². The number of anilines is 3. The summed E-state index contributed by atoms with van der Waals surface area (Å²) in [5.41, 5.74) is 0.574. The van der Waals surface area contributed by atoms with E-state index < -0.39 is 0 Å². The standard InChI is InChI=1S/C15H11FN4OS/c16-10-3-1-4-11(9-10)17-13-6-7-14(20-19-13)18-15(21)12-5-2-8-22-12/h1-9H,(H,17,19)(H,18,20,21). The summed E-state index contributed by atoms with van der Waals surface area (Å²) in [6, 6.07) is 12.8. The lowest BCUT2D eigenvalue weighted by molar-refractivity contribution is 0.103. The van der Waals surface area contributed by atoms with Gasteiger partial charge in [0, 0.05) is 5.69 Å². The third-order valence-electron chi connectivity index (χ3n) is 2.75. The van der Waals surface area contributed by atoms with E-state index in [0.717, 1.165) is 0 Å². The summed E-state index contributed by atoms with van der Waals surface area (Å²) in [6.07, 6.45) is 0. The molecule has 0 radical (unpaired) electrons. The number of aromatic nitrogens is 2. The van der Waals surface area contributed by atoms with Gasteiger partial charge in [0.1, 0.15) is 5.82 Å². The molecule has 2 N–H and O–H groups in total. The highest BCUT2D eigenvalue weighted by molar-refractivity contribution is 7.12. The van der Waals surface area contributed by atoms with E-state index >= 15 is 0 Å². The minimum atomic E-state index is -0.335. The van der Waals surface area contributed by atoms with E-state index in [-0.39, 0.29) is 11.7 Å². The second-order valence-electron chi connectivity index (χ2n) is 4.37. The Morgan fingerprint density at radius 1 is 1.05 bits per heavy atom. The summed E-state index contributed by atoms with van der Waals surface area (Å²) in [5, 5.41) is 15.3. The topological polar surface area (TPSA) is 66.9 Å². The number of nitrogens with one attached hydrogen (secondary N) is 2. The lowest BCUT2D eigenvalue weighted by atomic mass is 10.3. The van der Waals surface area contributed by atoms with Crippen LogP contribution in [-0.4, -0.2) is 16.1 Å². The number of nitrogens with zero attached hydrogens (tertiary/aromatic N) is 2. The second-order valence-corrected chi connectivity index (χ2v) is 5.32. The van der Waals surface area contributed by atoms with Gasteiger partial charge in [0.15, 0.2) is 11.6 Å². The molecule has 1 amide bonds. The van der Waals surface area contributed by atoms with Gasteiger partial charge < -0.3 is 10.6 Å². The van der Waals surface area contributed by atoms with Gasteiger partial charge in [-0.2, -0.15) is 0 Å². The Balaban J connectivity index is 1.66. The lowest BCUT2D eigenvalue weighted by Gasteiger charge is -2.06. The molecule has 0 saturated heterocycles. The van der Waals surface area contributed by atoms with Gasteiger partial charge in [-0.1, -0.05) is 12.1 Å². The van der Waals surface area contributed by atoms with Crippen LogP contribution in [0.4, 0.5) is 21.7 Å². The zero-order valence-corrected chi connectivity index (χ0v) is 12.1. The Morgan fingerprint density at radius 2 is 1.86 bits per heavy atom. The summed E-state index contributed by atoms with van der Waals surface area (Å²) in [6.45, 7) is 0. The van der Waals surface area contributed by atoms with Gasteiger partial charge in [-0.05, 0) is 41.8 Å². The monoisotopic (exact) mass is 314 g/mol. The fourth-order valence-electron chi connectivity index (χ4n) is 1.77. The van der Waals surface area contributed by atoms with E-state index in [4.69, 9.17) is 0 Å². The van der Waals surface area contributed by atoms with Crippen molar-refractivity contribution in [2.45, 2.75) is 0 Å². The van der Waals surface area contributed by atoms with E-state index in [1.807, 2.05) is 5.38 Å². The first-order chi connectivity index (χ1) is 10.7. The number of benzene rings is 1. The van der Waals surface area contributed by atoms with Crippen LogP contribution in [0.15, 0.2) is 53.9 Å². The van der Waals surface area contributed by atoms with Crippen LogP contribution in [0.2, 0.25) is 0 Å². The molecule has 0 unspecified atom stereocenters. The van der Waals surface area contributed by atoms with Crippen molar-refractivity contribution in [2.75, 3.05) is 10.6 Å². The van der Waals surface area contributed by atoms with Crippen molar-refractivity contribution >= 4 is 34.6 Å². The number of hydrogen-bond acceptors (Lipinski definition) is 5. The van der Waals surface area contributed by atoms with Crippen molar-refractivity contribution in [3.63, 3.8) is 0 Å². The van der Waals surface area contributed by atoms with Crippen LogP contribution in [0.25, 0.3) is 0 Å². The summed E-state index contributed by atoms with van der Waals surface area (Å²) < 4.78 is 13.1. The van der Waals surface area contributed by atoms with E-state index in [2.05, 4.69) is 20.8 Å². The molecule has 0 aliphatic carbocycles. The number of thiophene rings is 1. The molecule has 3 aromatic rings. The molecule has 0 saturated carbocycles. The first-order valence-corrected chi connectivity index (χ1v) is 7.30. The number of hydrogen-bond donors (Lipinski definition) is 2. The molecule has 110 valence electrons. The summed E-state index contributed by atoms with van der Waals surface area (Å²) in [7, 11) is 0. The van der Waals surface area contributed by atoms with E-state index in [9.17, 15) is 9.18 Å². The summed E-state index contributed by atoms with van der Waals surface area (Å²) in [4.78, 5) is 12.5. The molecule has 5 nitrogen and oxygen atoms in total. The number of amides is 1. The molecule has 0 aliphatic rings. The number of rotatable bonds is 4. The van der Waals surface area contributed by atoms with Crippen LogP contribution in [0.1, 0.15) is 9.67 Å². The van der Waals surface area contributed by atoms with Gasteiger partial charge >= 0.3 is 0 Å². The quantitative estimate of drug-likeness (QED) is 0.771. The van der Waals surface area contributed by atoms with Gasteiger partial charge in [-0.15, -0.1) is 21.5 Å². The van der Waals surface area contributed by atoms with Crippen LogP contribution < -0.4 is 10.6 Å². The first-order valence-electron chi connectivity index (χ1n) is 6.42. The van der Waals surface area contributed by atoms with E-state index in [1.54, 1.807) is 36.4 Å². The van der Waals surface area contributed by atoms with E-state index in [0.29, 0.717) is 22.2 Å².